The van der Waals surface area contributed by atoms with Crippen LogP contribution in [0.25, 0.3) is 0 Å². The topological polar surface area (TPSA) is 541 Å². The maximum Gasteiger partial charge on any atom is 0.305 e. The zero-order valence-electron chi connectivity index (χ0n) is 51.5. The van der Waals surface area contributed by atoms with E-state index < -0.39 is 223 Å². The van der Waals surface area contributed by atoms with Gasteiger partial charge in [-0.2, -0.15) is 0 Å². The number of nitrogens with one attached hydrogen (secondary N) is 10. The van der Waals surface area contributed by atoms with E-state index in [0.717, 1.165) is 6.92 Å². The lowest BCUT2D eigenvalue weighted by Crippen LogP contribution is -2.61. The van der Waals surface area contributed by atoms with E-state index in [0.29, 0.717) is 5.56 Å². The molecule has 0 bridgehead atoms. The largest absolute Gasteiger partial charge is 0.508 e. The summed E-state index contributed by atoms with van der Waals surface area (Å²) < 4.78 is 12.2. The molecule has 0 saturated carbocycles. The number of carboxylic acid groups (broad SMARTS) is 3. The van der Waals surface area contributed by atoms with Crippen molar-refractivity contribution in [2.45, 2.75) is 173 Å². The van der Waals surface area contributed by atoms with E-state index >= 15 is 0 Å². The number of phenols is 1. The van der Waals surface area contributed by atoms with E-state index in [1.165, 1.54) is 49.3 Å². The van der Waals surface area contributed by atoms with Gasteiger partial charge in [0, 0.05) is 55.5 Å². The molecule has 35 heteroatoms. The summed E-state index contributed by atoms with van der Waals surface area (Å²) in [5, 5.41) is 70.7. The van der Waals surface area contributed by atoms with Crippen molar-refractivity contribution in [3.05, 3.63) is 29.8 Å². The van der Waals surface area contributed by atoms with Gasteiger partial charge in [0.25, 0.3) is 5.91 Å². The van der Waals surface area contributed by atoms with Gasteiger partial charge >= 0.3 is 17.9 Å². The fourth-order valence-corrected chi connectivity index (χ4v) is 9.70. The summed E-state index contributed by atoms with van der Waals surface area (Å²) >= 11 is 0. The van der Waals surface area contributed by atoms with Gasteiger partial charge in [-0.3, -0.25) is 80.9 Å². The highest BCUT2D eigenvalue weighted by atomic mass is 32.2. The Hall–Kier alpha value is -9.15. The van der Waals surface area contributed by atoms with Crippen molar-refractivity contribution in [2.75, 3.05) is 31.7 Å². The van der Waals surface area contributed by atoms with Crippen molar-refractivity contribution in [3.8, 4) is 5.75 Å². The van der Waals surface area contributed by atoms with Gasteiger partial charge in [-0.05, 0) is 68.1 Å². The normalized spacial score (nSPS) is 16.0. The van der Waals surface area contributed by atoms with Crippen LogP contribution in [0.3, 0.4) is 0 Å². The van der Waals surface area contributed by atoms with Gasteiger partial charge in [0.1, 0.15) is 60.1 Å². The Labute approximate surface area is 525 Å². The molecule has 0 spiro atoms. The Bertz CT molecular complexity index is 2860. The molecule has 1 saturated heterocycles. The predicted octanol–water partition coefficient (Wildman–Crippen LogP) is -5.44. The second-order valence-corrected chi connectivity index (χ2v) is 23.7. The first kappa shape index (κ1) is 77.9. The molecule has 0 radical (unpaired) electrons. The number of nitrogens with zero attached hydrogens (tertiary/aromatic N) is 1. The number of likely N-dealkylation sites (tertiary alicyclic amines) is 1. The Kier molecular flexibility index (Phi) is 32.9. The molecular weight excluding hydrogens is 1220 g/mol. The van der Waals surface area contributed by atoms with Crippen LogP contribution in [0, 0.1) is 11.8 Å². The van der Waals surface area contributed by atoms with Crippen LogP contribution in [-0.4, -0.2) is 221 Å². The Morgan fingerprint density at radius 3 is 1.60 bits per heavy atom. The minimum atomic E-state index is -1.97. The molecule has 2 unspecified atom stereocenters. The lowest BCUT2D eigenvalue weighted by molar-refractivity contribution is -0.144. The number of hydrogen-bond donors (Lipinski definition) is 16. The minimum absolute atomic E-state index is 0.00668. The number of carbonyl (C=O) groups excluding carboxylic acids is 13. The molecule has 1 aromatic carbocycles. The summed E-state index contributed by atoms with van der Waals surface area (Å²) in [6.45, 7) is 6.99. The molecule has 1 aromatic rings. The van der Waals surface area contributed by atoms with Crippen LogP contribution < -0.4 is 58.9 Å². The smallest absolute Gasteiger partial charge is 0.305 e. The molecule has 12 amide bonds. The molecule has 2 rings (SSSR count). The highest BCUT2D eigenvalue weighted by Crippen LogP contribution is 2.22. The molecule has 506 valence electrons. The molecule has 17 N–H and O–H groups in total. The van der Waals surface area contributed by atoms with Gasteiger partial charge in [0.15, 0.2) is 0 Å². The third-order valence-corrected chi connectivity index (χ3v) is 14.8. The molecule has 1 aliphatic rings. The number of hydrogen-bond acceptors (Lipinski definition) is 19. The number of Topliss-reactive ketones (excluding diaryl/α,β-unsaturated/α-hetero) is 1. The summed E-state index contributed by atoms with van der Waals surface area (Å²) in [5.74, 6) is -19.7. The first-order valence-electron chi connectivity index (χ1n) is 29.1. The van der Waals surface area contributed by atoms with E-state index in [-0.39, 0.29) is 56.6 Å². The number of aliphatic hydroxyl groups excluding tert-OH is 1. The molecule has 91 heavy (non-hydrogen) atoms. The van der Waals surface area contributed by atoms with Gasteiger partial charge in [0.05, 0.1) is 25.6 Å². The van der Waals surface area contributed by atoms with Crippen LogP contribution in [0.4, 0.5) is 0 Å². The summed E-state index contributed by atoms with van der Waals surface area (Å²) in [4.78, 5) is 210. The van der Waals surface area contributed by atoms with Gasteiger partial charge in [-0.1, -0.05) is 53.2 Å². The number of carboxylic acids is 3. The number of aliphatic carboxylic acids is 3. The Balaban J connectivity index is 2.27. The number of ketones is 1. The fraction of sp³-hybridized carbons (Fsp3) is 0.607. The van der Waals surface area contributed by atoms with Gasteiger partial charge in [-0.15, -0.1) is 0 Å². The van der Waals surface area contributed by atoms with Crippen molar-refractivity contribution < 1.29 is 106 Å². The number of aliphatic hydroxyl groups is 1. The molecule has 1 aliphatic heterocycles. The van der Waals surface area contributed by atoms with Crippen molar-refractivity contribution >= 4 is 105 Å². The average molecular weight is 1310 g/mol. The quantitative estimate of drug-likeness (QED) is 0.0273. The lowest BCUT2D eigenvalue weighted by Gasteiger charge is -2.33. The van der Waals surface area contributed by atoms with Crippen LogP contribution in [0.1, 0.15) is 111 Å². The van der Waals surface area contributed by atoms with Crippen LogP contribution in [0.5, 0.6) is 5.75 Å². The average Bonchev–Trinajstić information content (AvgIpc) is 1.86. The fourth-order valence-electron chi connectivity index (χ4n) is 9.13. The number of benzene rings is 1. The number of aromatic hydroxyl groups is 1. The maximum atomic E-state index is 14.4. The highest BCUT2D eigenvalue weighted by Gasteiger charge is 2.42. The number of nitrogens with two attached hydrogens (primary N) is 1. The number of primary amides is 1. The number of rotatable bonds is 40. The number of amides is 12. The van der Waals surface area contributed by atoms with Crippen LogP contribution in [0.15, 0.2) is 24.3 Å². The summed E-state index contributed by atoms with van der Waals surface area (Å²) in [7, 11) is -1.61. The summed E-state index contributed by atoms with van der Waals surface area (Å²) in [6.07, 6.45) is -2.25. The Morgan fingerprint density at radius 2 is 1.10 bits per heavy atom. The minimum Gasteiger partial charge on any atom is -0.508 e. The lowest BCUT2D eigenvalue weighted by atomic mass is 9.98. The molecule has 34 nitrogen and oxygen atoms in total. The van der Waals surface area contributed by atoms with Crippen LogP contribution in [0.2, 0.25) is 0 Å². The van der Waals surface area contributed by atoms with Crippen LogP contribution in [-0.2, 0) is 93.9 Å². The summed E-state index contributed by atoms with van der Waals surface area (Å²) in [6, 6.07) is -10.2. The van der Waals surface area contributed by atoms with Gasteiger partial charge in [-0.25, -0.2) is 0 Å². The first-order valence-corrected chi connectivity index (χ1v) is 30.8. The molecule has 1 heterocycles. The molecule has 11 atom stereocenters. The van der Waals surface area contributed by atoms with E-state index in [9.17, 15) is 101 Å². The monoisotopic (exact) mass is 1310 g/mol. The highest BCUT2D eigenvalue weighted by molar-refractivity contribution is 7.84. The standard InChI is InChI=1S/C56H84N12O22S/c1-8-10-32(61-53(86)39-11-9-21-68(39)56(89)45(28(4)5)67-54(87)44(27(2)3)66-50(83)34(17-19-42(75)76)62-48(81)33(59-29(6)70)16-18-41(73)74)46(79)55(88)58-25-40(72)60-35(20-22-91(7)90)49(82)64-37(24-43(77)78)52(85)63-36(23-30-12-14-31(71)15-13-30)51(84)65-38(26-69)47(57)80/h12-15,27-28,32-39,44-45,69,71H,8-11,16-26H2,1-7H3,(H2,57,80)(H,58,88)(H,59,70)(H,60,72)(H,61,86)(H,62,81)(H,63,85)(H,64,82)(H,65,84)(H,66,83)(H,67,87)(H,73,74)(H,75,76)(H,77,78)/t32-,33-,34-,35+,36-,37+,38-,39?,44-,45-,91?/m0/s1. The second kappa shape index (κ2) is 38.4. The van der Waals surface area contributed by atoms with E-state index in [1.54, 1.807) is 20.8 Å². The van der Waals surface area contributed by atoms with Crippen molar-refractivity contribution in [3.63, 3.8) is 0 Å². The predicted molar refractivity (Wildman–Crippen MR) is 318 cm³/mol. The molecule has 0 aromatic heterocycles. The van der Waals surface area contributed by atoms with Crippen LogP contribution >= 0.6 is 0 Å². The van der Waals surface area contributed by atoms with E-state index in [4.69, 9.17) is 10.8 Å². The van der Waals surface area contributed by atoms with E-state index in [2.05, 4.69) is 53.2 Å². The maximum absolute atomic E-state index is 14.4. The van der Waals surface area contributed by atoms with Gasteiger partial charge in [0.2, 0.25) is 70.8 Å². The molecule has 0 aliphatic carbocycles. The SMILES string of the molecule is CCC[C@H](NC(=O)C1CCCN1C(=O)[C@@H](NC(=O)[C@@H](NC(=O)[C@H](CCC(=O)O)NC(=O)[C@H](CCC(=O)O)NC(C)=O)C(C)C)C(C)C)C(=O)C(=O)NCC(=O)N[C@H](CCS(C)=O)C(=O)N[C@H](CC(=O)O)C(=O)N[C@@H](Cc1ccc(O)cc1)C(=O)N[C@@H](CO)C(N)=O. The first-order chi connectivity index (χ1) is 42.6. The molecular formula is C56H84N12O22S. The van der Waals surface area contributed by atoms with Crippen molar-refractivity contribution in [1.82, 2.24) is 58.1 Å². The third kappa shape index (κ3) is 27.2. The number of carbonyl (C=O) groups is 16. The number of phenolic OH excluding ortho intramolecular Hbond substituents is 1. The Morgan fingerprint density at radius 1 is 0.604 bits per heavy atom. The van der Waals surface area contributed by atoms with Crippen molar-refractivity contribution in [2.24, 2.45) is 17.6 Å². The molecule has 1 fully saturated rings. The van der Waals surface area contributed by atoms with Crippen molar-refractivity contribution in [1.29, 1.82) is 0 Å². The zero-order chi connectivity index (χ0) is 69.0. The van der Waals surface area contributed by atoms with Gasteiger partial charge < -0.3 is 89.3 Å². The third-order valence-electron chi connectivity index (χ3n) is 14.0. The van der Waals surface area contributed by atoms with E-state index in [1.807, 2.05) is 0 Å². The zero-order valence-corrected chi connectivity index (χ0v) is 52.3. The summed E-state index contributed by atoms with van der Waals surface area (Å²) in [5.41, 5.74) is 5.57. The second-order valence-electron chi connectivity index (χ2n) is 22.1.